The third-order valence-corrected chi connectivity index (χ3v) is 3.86. The second kappa shape index (κ2) is 6.03. The Morgan fingerprint density at radius 3 is 2.48 bits per heavy atom. The van der Waals surface area contributed by atoms with Crippen molar-refractivity contribution in [1.29, 1.82) is 0 Å². The zero-order chi connectivity index (χ0) is 14.3. The molecule has 1 aromatic heterocycles. The summed E-state index contributed by atoms with van der Waals surface area (Å²) in [6.07, 6.45) is 0.555. The standard InChI is InChI=1S/C16H15NO3.Mg.2H/c1-10-2-4-11(5-3-10)15(18)14-7-6-13-12(16(19)20)8-9-17(13)14;;;/h2-7,12H,8-9H2,1H3,(H,19,20);;;/q;+2;2*-1. The first kappa shape index (κ1) is 15.8. The summed E-state index contributed by atoms with van der Waals surface area (Å²) in [6.45, 7) is 2.56. The molecule has 3 rings (SSSR count). The molecular weight excluding hydrogens is 278 g/mol. The van der Waals surface area contributed by atoms with Crippen molar-refractivity contribution in [2.75, 3.05) is 0 Å². The molecule has 1 atom stereocenters. The topological polar surface area (TPSA) is 59.3 Å². The van der Waals surface area contributed by atoms with Crippen LogP contribution in [0.4, 0.5) is 0 Å². The van der Waals surface area contributed by atoms with Crippen LogP contribution in [0, 0.1) is 6.92 Å². The predicted octanol–water partition coefficient (Wildman–Crippen LogP) is 2.44. The van der Waals surface area contributed by atoms with E-state index in [2.05, 4.69) is 0 Å². The summed E-state index contributed by atoms with van der Waals surface area (Å²) < 4.78 is 1.83. The van der Waals surface area contributed by atoms with Crippen molar-refractivity contribution >= 4 is 34.8 Å². The molecule has 0 bridgehead atoms. The molecule has 0 spiro atoms. The molecule has 1 aliphatic rings. The first-order valence-corrected chi connectivity index (χ1v) is 6.61. The fourth-order valence-electron chi connectivity index (χ4n) is 2.74. The van der Waals surface area contributed by atoms with Crippen molar-refractivity contribution in [1.82, 2.24) is 4.57 Å². The zero-order valence-electron chi connectivity index (χ0n) is 13.9. The summed E-state index contributed by atoms with van der Waals surface area (Å²) in [4.78, 5) is 23.6. The summed E-state index contributed by atoms with van der Waals surface area (Å²) in [5.74, 6) is -1.37. The molecule has 5 heteroatoms. The molecule has 0 amide bonds. The fourth-order valence-corrected chi connectivity index (χ4v) is 2.74. The van der Waals surface area contributed by atoms with Crippen molar-refractivity contribution in [2.45, 2.75) is 25.8 Å². The molecule has 2 heterocycles. The number of carboxylic acid groups (broad SMARTS) is 1. The van der Waals surface area contributed by atoms with E-state index >= 15 is 0 Å². The van der Waals surface area contributed by atoms with Crippen LogP contribution >= 0.6 is 0 Å². The van der Waals surface area contributed by atoms with Gasteiger partial charge in [-0.15, -0.1) is 0 Å². The molecule has 0 saturated carbocycles. The van der Waals surface area contributed by atoms with Crippen LogP contribution in [-0.4, -0.2) is 44.5 Å². The summed E-state index contributed by atoms with van der Waals surface area (Å²) in [5, 5.41) is 9.16. The summed E-state index contributed by atoms with van der Waals surface area (Å²) in [6, 6.07) is 10.9. The maximum atomic E-state index is 12.5. The Labute approximate surface area is 141 Å². The van der Waals surface area contributed by atoms with Gasteiger partial charge in [-0.05, 0) is 25.5 Å². The Morgan fingerprint density at radius 1 is 1.19 bits per heavy atom. The Hall–Kier alpha value is -1.59. The van der Waals surface area contributed by atoms with Crippen LogP contribution in [0.25, 0.3) is 0 Å². The number of hydrogen-bond acceptors (Lipinski definition) is 2. The summed E-state index contributed by atoms with van der Waals surface area (Å²) in [5.41, 5.74) is 3.05. The van der Waals surface area contributed by atoms with Gasteiger partial charge in [-0.3, -0.25) is 9.59 Å². The number of fused-ring (bicyclic) bond motifs is 1. The van der Waals surface area contributed by atoms with Gasteiger partial charge in [0.2, 0.25) is 5.78 Å². The molecule has 21 heavy (non-hydrogen) atoms. The maximum absolute atomic E-state index is 12.5. The van der Waals surface area contributed by atoms with E-state index in [0.29, 0.717) is 24.2 Å². The normalized spacial score (nSPS) is 16.1. The number of benzene rings is 1. The van der Waals surface area contributed by atoms with E-state index in [4.69, 9.17) is 5.11 Å². The van der Waals surface area contributed by atoms with Gasteiger partial charge in [-0.25, -0.2) is 0 Å². The van der Waals surface area contributed by atoms with E-state index in [1.54, 1.807) is 24.3 Å². The number of carbonyl (C=O) groups excluding carboxylic acids is 1. The smallest absolute Gasteiger partial charge is 1.00 e. The van der Waals surface area contributed by atoms with E-state index < -0.39 is 11.9 Å². The van der Waals surface area contributed by atoms with Crippen LogP contribution in [-0.2, 0) is 11.3 Å². The van der Waals surface area contributed by atoms with Crippen LogP contribution in [0.5, 0.6) is 0 Å². The van der Waals surface area contributed by atoms with Gasteiger partial charge in [0, 0.05) is 17.8 Å². The molecular formula is C16H17MgNO3. The maximum Gasteiger partial charge on any atom is 2.00 e. The van der Waals surface area contributed by atoms with E-state index in [1.165, 1.54) is 0 Å². The number of carbonyl (C=O) groups is 2. The Bertz CT molecular complexity index is 698. The van der Waals surface area contributed by atoms with E-state index in [1.807, 2.05) is 23.6 Å². The first-order chi connectivity index (χ1) is 9.58. The minimum atomic E-state index is -0.823. The monoisotopic (exact) mass is 295 g/mol. The van der Waals surface area contributed by atoms with Gasteiger partial charge in [0.05, 0.1) is 11.6 Å². The predicted molar refractivity (Wildman–Crippen MR) is 82.0 cm³/mol. The molecule has 1 N–H and O–H groups in total. The number of aliphatic carboxylic acids is 1. The van der Waals surface area contributed by atoms with Crippen molar-refractivity contribution in [3.8, 4) is 0 Å². The molecule has 0 radical (unpaired) electrons. The van der Waals surface area contributed by atoms with Crippen molar-refractivity contribution < 1.29 is 17.5 Å². The van der Waals surface area contributed by atoms with Crippen LogP contribution in [0.15, 0.2) is 36.4 Å². The van der Waals surface area contributed by atoms with Gasteiger partial charge in [0.1, 0.15) is 0 Å². The SMILES string of the molecule is Cc1ccc(C(=O)c2ccc3n2CCC3C(=O)O)cc1.[H-].[H-].[Mg+2]. The van der Waals surface area contributed by atoms with Gasteiger partial charge in [0.15, 0.2) is 0 Å². The molecule has 4 nitrogen and oxygen atoms in total. The van der Waals surface area contributed by atoms with Gasteiger partial charge in [0.25, 0.3) is 0 Å². The number of aryl methyl sites for hydroxylation is 1. The van der Waals surface area contributed by atoms with Crippen LogP contribution in [0.3, 0.4) is 0 Å². The van der Waals surface area contributed by atoms with E-state index in [9.17, 15) is 9.59 Å². The number of nitrogens with zero attached hydrogens (tertiary/aromatic N) is 1. The molecule has 1 unspecified atom stereocenters. The van der Waals surface area contributed by atoms with Gasteiger partial charge in [-0.2, -0.15) is 0 Å². The Morgan fingerprint density at radius 2 is 1.86 bits per heavy atom. The Balaban J connectivity index is 0.00000161. The minimum absolute atomic E-state index is 0. The second-order valence-electron chi connectivity index (χ2n) is 5.17. The number of ketones is 1. The summed E-state index contributed by atoms with van der Waals surface area (Å²) in [7, 11) is 0. The molecule has 0 aliphatic carbocycles. The van der Waals surface area contributed by atoms with Crippen molar-refractivity contribution in [3.05, 3.63) is 58.9 Å². The molecule has 2 aromatic rings. The number of hydrogen-bond donors (Lipinski definition) is 1. The largest absolute Gasteiger partial charge is 2.00 e. The molecule has 1 aliphatic heterocycles. The number of rotatable bonds is 3. The average Bonchev–Trinajstić information content (AvgIpc) is 2.99. The third-order valence-electron chi connectivity index (χ3n) is 3.86. The average molecular weight is 296 g/mol. The third kappa shape index (κ3) is 2.76. The minimum Gasteiger partial charge on any atom is -1.00 e. The second-order valence-corrected chi connectivity index (χ2v) is 5.17. The molecule has 106 valence electrons. The van der Waals surface area contributed by atoms with Crippen LogP contribution < -0.4 is 0 Å². The van der Waals surface area contributed by atoms with Gasteiger partial charge in [-0.1, -0.05) is 29.8 Å². The van der Waals surface area contributed by atoms with Crippen LogP contribution in [0.1, 0.15) is 42.5 Å². The zero-order valence-corrected chi connectivity index (χ0v) is 13.3. The van der Waals surface area contributed by atoms with Crippen LogP contribution in [0.2, 0.25) is 0 Å². The molecule has 0 saturated heterocycles. The summed E-state index contributed by atoms with van der Waals surface area (Å²) >= 11 is 0. The van der Waals surface area contributed by atoms with E-state index in [0.717, 1.165) is 11.3 Å². The fraction of sp³-hybridized carbons (Fsp3) is 0.250. The van der Waals surface area contributed by atoms with Crippen molar-refractivity contribution in [2.24, 2.45) is 0 Å². The van der Waals surface area contributed by atoms with Gasteiger partial charge >= 0.3 is 29.0 Å². The van der Waals surface area contributed by atoms with Crippen molar-refractivity contribution in [3.63, 3.8) is 0 Å². The quantitative estimate of drug-likeness (QED) is 0.699. The number of aromatic nitrogens is 1. The Kier molecular flexibility index (Phi) is 4.53. The van der Waals surface area contributed by atoms with E-state index in [-0.39, 0.29) is 31.7 Å². The van der Waals surface area contributed by atoms with Gasteiger partial charge < -0.3 is 12.5 Å². The first-order valence-electron chi connectivity index (χ1n) is 6.61. The molecule has 1 aromatic carbocycles. The molecule has 0 fully saturated rings. The number of carboxylic acids is 1.